The Morgan fingerprint density at radius 1 is 1.25 bits per heavy atom. The topological polar surface area (TPSA) is 104 Å². The fourth-order valence-corrected chi connectivity index (χ4v) is 1.48. The Hall–Kier alpha value is -1.21. The zero-order valence-corrected chi connectivity index (χ0v) is 10.4. The Morgan fingerprint density at radius 3 is 2.40 bits per heavy atom. The first-order valence-corrected chi connectivity index (χ1v) is 5.70. The van der Waals surface area contributed by atoms with Crippen LogP contribution in [0.25, 0.3) is 0 Å². The average Bonchev–Trinajstić information content (AvgIpc) is 2.36. The third kappa shape index (κ3) is 5.83. The van der Waals surface area contributed by atoms with E-state index in [4.69, 9.17) is 10.2 Å². The molecule has 1 aromatic carbocycles. The first-order chi connectivity index (χ1) is 8.91. The van der Waals surface area contributed by atoms with Crippen LogP contribution in [0, 0.1) is 0 Å². The van der Waals surface area contributed by atoms with Crippen molar-refractivity contribution in [2.45, 2.75) is 19.4 Å². The summed E-state index contributed by atoms with van der Waals surface area (Å²) in [6.45, 7) is 0.868. The van der Waals surface area contributed by atoms with E-state index >= 15 is 0 Å². The van der Waals surface area contributed by atoms with E-state index in [1.54, 1.807) is 18.2 Å². The van der Waals surface area contributed by atoms with Crippen LogP contribution in [0.4, 0.5) is 0 Å². The SMILES string of the molecule is CC(O)C(=O)Cc1ccccc1C(=O)NCC(=O)O.[NaH]. The number of carboxylic acid groups (broad SMARTS) is 1. The summed E-state index contributed by atoms with van der Waals surface area (Å²) in [5, 5.41) is 19.9. The number of aliphatic hydroxyl groups is 1. The van der Waals surface area contributed by atoms with E-state index in [1.165, 1.54) is 13.0 Å². The number of amides is 1. The molecule has 0 aliphatic heterocycles. The van der Waals surface area contributed by atoms with Gasteiger partial charge in [-0.1, -0.05) is 18.2 Å². The molecule has 0 radical (unpaired) electrons. The summed E-state index contributed by atoms with van der Waals surface area (Å²) in [4.78, 5) is 33.6. The summed E-state index contributed by atoms with van der Waals surface area (Å²) in [5.41, 5.74) is 0.689. The van der Waals surface area contributed by atoms with Gasteiger partial charge in [0.2, 0.25) is 0 Å². The second-order valence-electron chi connectivity index (χ2n) is 4.05. The van der Waals surface area contributed by atoms with Crippen LogP contribution < -0.4 is 5.32 Å². The molecule has 1 atom stereocenters. The molecule has 0 bridgehead atoms. The van der Waals surface area contributed by atoms with E-state index in [0.29, 0.717) is 5.56 Å². The molecule has 0 aromatic heterocycles. The molecule has 0 heterocycles. The van der Waals surface area contributed by atoms with E-state index in [9.17, 15) is 14.4 Å². The van der Waals surface area contributed by atoms with Gasteiger partial charge in [-0.2, -0.15) is 0 Å². The van der Waals surface area contributed by atoms with Crippen LogP contribution in [0.15, 0.2) is 24.3 Å². The van der Waals surface area contributed by atoms with Crippen molar-refractivity contribution in [2.75, 3.05) is 6.54 Å². The molecule has 6 nitrogen and oxygen atoms in total. The van der Waals surface area contributed by atoms with Crippen LogP contribution in [0.3, 0.4) is 0 Å². The van der Waals surface area contributed by atoms with Crippen LogP contribution in [0.2, 0.25) is 0 Å². The number of aliphatic carboxylic acids is 1. The molecule has 3 N–H and O–H groups in total. The second kappa shape index (κ2) is 8.86. The number of hydrogen-bond donors (Lipinski definition) is 3. The van der Waals surface area contributed by atoms with Crippen molar-refractivity contribution < 1.29 is 24.6 Å². The first-order valence-electron chi connectivity index (χ1n) is 5.70. The molecule has 1 amide bonds. The second-order valence-corrected chi connectivity index (χ2v) is 4.05. The molecule has 0 saturated heterocycles. The van der Waals surface area contributed by atoms with Gasteiger partial charge in [0.25, 0.3) is 5.91 Å². The van der Waals surface area contributed by atoms with Gasteiger partial charge in [0.15, 0.2) is 5.78 Å². The molecule has 0 aliphatic carbocycles. The van der Waals surface area contributed by atoms with Crippen molar-refractivity contribution in [1.29, 1.82) is 0 Å². The fourth-order valence-electron chi connectivity index (χ4n) is 1.48. The third-order valence-corrected chi connectivity index (χ3v) is 2.49. The van der Waals surface area contributed by atoms with E-state index in [1.807, 2.05) is 0 Å². The molecule has 104 valence electrons. The minimum atomic E-state index is -1.15. The molecule has 0 spiro atoms. The summed E-state index contributed by atoms with van der Waals surface area (Å²) in [7, 11) is 0. The third-order valence-electron chi connectivity index (χ3n) is 2.49. The first kappa shape index (κ1) is 18.8. The summed E-state index contributed by atoms with van der Waals surface area (Å²) in [5.74, 6) is -2.11. The van der Waals surface area contributed by atoms with Crippen molar-refractivity contribution >= 4 is 47.2 Å². The number of hydrogen-bond acceptors (Lipinski definition) is 4. The molecule has 1 aromatic rings. The van der Waals surface area contributed by atoms with Gasteiger partial charge in [-0.05, 0) is 18.6 Å². The molecule has 1 unspecified atom stereocenters. The quantitative estimate of drug-likeness (QED) is 0.603. The van der Waals surface area contributed by atoms with Crippen molar-refractivity contribution in [3.63, 3.8) is 0 Å². The Kier molecular flexibility index (Phi) is 8.33. The zero-order chi connectivity index (χ0) is 14.4. The number of rotatable bonds is 6. The number of Topliss-reactive ketones (excluding diaryl/α,β-unsaturated/α-hetero) is 1. The van der Waals surface area contributed by atoms with Crippen LogP contribution in [-0.4, -0.2) is 70.1 Å². The number of carbonyl (C=O) groups is 3. The predicted octanol–water partition coefficient (Wildman–Crippen LogP) is -0.655. The standard InChI is InChI=1S/C13H15NO5.Na.H/c1-8(15)11(16)6-9-4-2-3-5-10(9)13(19)14-7-12(17)18;;/h2-5,8,15H,6-7H2,1H3,(H,14,19)(H,17,18);;. The maximum atomic E-state index is 11.8. The van der Waals surface area contributed by atoms with Crippen LogP contribution >= 0.6 is 0 Å². The summed E-state index contributed by atoms with van der Waals surface area (Å²) >= 11 is 0. The van der Waals surface area contributed by atoms with Crippen molar-refractivity contribution in [2.24, 2.45) is 0 Å². The van der Waals surface area contributed by atoms with Gasteiger partial charge < -0.3 is 15.5 Å². The van der Waals surface area contributed by atoms with Crippen molar-refractivity contribution in [1.82, 2.24) is 5.32 Å². The van der Waals surface area contributed by atoms with Crippen molar-refractivity contribution in [3.05, 3.63) is 35.4 Å². The van der Waals surface area contributed by atoms with E-state index in [2.05, 4.69) is 5.32 Å². The van der Waals surface area contributed by atoms with Gasteiger partial charge in [-0.3, -0.25) is 14.4 Å². The fraction of sp³-hybridized carbons (Fsp3) is 0.308. The van der Waals surface area contributed by atoms with Crippen molar-refractivity contribution in [3.8, 4) is 0 Å². The number of nitrogens with one attached hydrogen (secondary N) is 1. The van der Waals surface area contributed by atoms with Gasteiger partial charge in [-0.15, -0.1) is 0 Å². The number of carbonyl (C=O) groups excluding carboxylic acids is 2. The molecular formula is C13H16NNaO5. The van der Waals surface area contributed by atoms with E-state index in [0.717, 1.165) is 0 Å². The van der Waals surface area contributed by atoms with Crippen LogP contribution in [-0.2, 0) is 16.0 Å². The minimum absolute atomic E-state index is 0. The van der Waals surface area contributed by atoms with Gasteiger partial charge in [-0.25, -0.2) is 0 Å². The normalized spacial score (nSPS) is 11.1. The Morgan fingerprint density at radius 2 is 1.85 bits per heavy atom. The number of ketones is 1. The van der Waals surface area contributed by atoms with Crippen LogP contribution in [0.5, 0.6) is 0 Å². The molecule has 0 fully saturated rings. The van der Waals surface area contributed by atoms with Crippen LogP contribution in [0.1, 0.15) is 22.8 Å². The Bertz CT molecular complexity index is 501. The van der Waals surface area contributed by atoms with Gasteiger partial charge in [0.05, 0.1) is 0 Å². The molecule has 7 heteroatoms. The average molecular weight is 289 g/mol. The number of carboxylic acids is 1. The molecular weight excluding hydrogens is 273 g/mol. The number of benzene rings is 1. The summed E-state index contributed by atoms with van der Waals surface area (Å²) < 4.78 is 0. The number of aliphatic hydroxyl groups excluding tert-OH is 1. The van der Waals surface area contributed by atoms with Gasteiger partial charge in [0.1, 0.15) is 12.6 Å². The molecule has 1 rings (SSSR count). The summed E-state index contributed by atoms with van der Waals surface area (Å²) in [6, 6.07) is 6.38. The Balaban J connectivity index is 0.00000361. The zero-order valence-electron chi connectivity index (χ0n) is 10.4. The molecule has 0 saturated carbocycles. The predicted molar refractivity (Wildman–Crippen MR) is 74.0 cm³/mol. The Labute approximate surface area is 138 Å². The summed E-state index contributed by atoms with van der Waals surface area (Å²) in [6.07, 6.45) is -1.18. The maximum absolute atomic E-state index is 11.8. The van der Waals surface area contributed by atoms with Gasteiger partial charge in [0, 0.05) is 12.0 Å². The van der Waals surface area contributed by atoms with Gasteiger partial charge >= 0.3 is 35.5 Å². The molecule has 0 aliphatic rings. The van der Waals surface area contributed by atoms with E-state index < -0.39 is 30.3 Å². The monoisotopic (exact) mass is 289 g/mol. The molecule has 20 heavy (non-hydrogen) atoms. The van der Waals surface area contributed by atoms with E-state index in [-0.39, 0.29) is 41.5 Å².